The fourth-order valence-electron chi connectivity index (χ4n) is 1.90. The van der Waals surface area contributed by atoms with Crippen molar-refractivity contribution < 1.29 is 9.90 Å². The summed E-state index contributed by atoms with van der Waals surface area (Å²) in [6.45, 7) is 7.86. The first kappa shape index (κ1) is 15.4. The van der Waals surface area contributed by atoms with Gasteiger partial charge >= 0.3 is 0 Å². The largest absolute Gasteiger partial charge is 0.396 e. The molecule has 0 aromatic carbocycles. The zero-order valence-electron chi connectivity index (χ0n) is 11.9. The van der Waals surface area contributed by atoms with Crippen LogP contribution in [0.3, 0.4) is 0 Å². The number of carbonyl (C=O) groups excluding carboxylic acids is 1. The lowest BCUT2D eigenvalue weighted by Crippen LogP contribution is -2.33. The Bertz CT molecular complexity index is 421. The van der Waals surface area contributed by atoms with Gasteiger partial charge in [0.2, 0.25) is 0 Å². The molecule has 1 rings (SSSR count). The molecule has 0 saturated carbocycles. The topological polar surface area (TPSA) is 65.5 Å². The van der Waals surface area contributed by atoms with E-state index in [1.54, 1.807) is 11.1 Å². The van der Waals surface area contributed by atoms with Gasteiger partial charge in [-0.25, -0.2) is 0 Å². The summed E-state index contributed by atoms with van der Waals surface area (Å²) in [6, 6.07) is 1.89. The van der Waals surface area contributed by atoms with Crippen molar-refractivity contribution in [2.75, 3.05) is 31.6 Å². The standard InChI is InChI=1S/C14H23N3O2/c1-4-15-13-9-11(3)16-10-12(13)14(19)17(5-2)7-6-8-18/h9-10,18H,4-8H2,1-3H3,(H,15,16). The number of hydrogen-bond acceptors (Lipinski definition) is 4. The summed E-state index contributed by atoms with van der Waals surface area (Å²) in [5, 5.41) is 12.1. The predicted octanol–water partition coefficient (Wildman–Crippen LogP) is 1.67. The van der Waals surface area contributed by atoms with Crippen LogP contribution in [0.1, 0.15) is 36.3 Å². The lowest BCUT2D eigenvalue weighted by molar-refractivity contribution is 0.0755. The first-order valence-electron chi connectivity index (χ1n) is 6.74. The number of aryl methyl sites for hydroxylation is 1. The third-order valence-corrected chi connectivity index (χ3v) is 2.89. The van der Waals surface area contributed by atoms with Crippen molar-refractivity contribution >= 4 is 11.6 Å². The van der Waals surface area contributed by atoms with Crippen LogP contribution in [0.2, 0.25) is 0 Å². The van der Waals surface area contributed by atoms with Gasteiger partial charge in [-0.3, -0.25) is 9.78 Å². The molecule has 0 aliphatic carbocycles. The van der Waals surface area contributed by atoms with Gasteiger partial charge in [-0.05, 0) is 33.3 Å². The van der Waals surface area contributed by atoms with E-state index in [0.717, 1.165) is 17.9 Å². The summed E-state index contributed by atoms with van der Waals surface area (Å²) in [4.78, 5) is 18.4. The van der Waals surface area contributed by atoms with E-state index in [1.807, 2.05) is 26.8 Å². The molecule has 0 fully saturated rings. The summed E-state index contributed by atoms with van der Waals surface area (Å²) in [7, 11) is 0. The molecule has 0 atom stereocenters. The normalized spacial score (nSPS) is 10.3. The number of aliphatic hydroxyl groups is 1. The number of amides is 1. The molecule has 19 heavy (non-hydrogen) atoms. The molecular weight excluding hydrogens is 242 g/mol. The highest BCUT2D eigenvalue weighted by molar-refractivity contribution is 5.99. The molecule has 1 aromatic rings. The molecule has 106 valence electrons. The molecule has 5 nitrogen and oxygen atoms in total. The Morgan fingerprint density at radius 3 is 2.79 bits per heavy atom. The van der Waals surface area contributed by atoms with E-state index < -0.39 is 0 Å². The maximum Gasteiger partial charge on any atom is 0.257 e. The smallest absolute Gasteiger partial charge is 0.257 e. The van der Waals surface area contributed by atoms with Gasteiger partial charge in [-0.15, -0.1) is 0 Å². The average Bonchev–Trinajstić information content (AvgIpc) is 2.40. The minimum absolute atomic E-state index is 0.0422. The maximum absolute atomic E-state index is 12.5. The number of aromatic nitrogens is 1. The van der Waals surface area contributed by atoms with E-state index >= 15 is 0 Å². The highest BCUT2D eigenvalue weighted by Crippen LogP contribution is 2.18. The SMILES string of the molecule is CCNc1cc(C)ncc1C(=O)N(CC)CCCO. The fraction of sp³-hybridized carbons (Fsp3) is 0.571. The summed E-state index contributed by atoms with van der Waals surface area (Å²) < 4.78 is 0. The molecule has 0 aliphatic heterocycles. The van der Waals surface area contributed by atoms with Crippen molar-refractivity contribution in [3.8, 4) is 0 Å². The quantitative estimate of drug-likeness (QED) is 0.787. The number of nitrogens with zero attached hydrogens (tertiary/aromatic N) is 2. The van der Waals surface area contributed by atoms with Crippen molar-refractivity contribution in [2.45, 2.75) is 27.2 Å². The molecule has 1 aromatic heterocycles. The Labute approximate surface area is 114 Å². The van der Waals surface area contributed by atoms with Crippen LogP contribution in [0.15, 0.2) is 12.3 Å². The number of pyridine rings is 1. The van der Waals surface area contributed by atoms with E-state index in [-0.39, 0.29) is 12.5 Å². The van der Waals surface area contributed by atoms with Gasteiger partial charge < -0.3 is 15.3 Å². The van der Waals surface area contributed by atoms with Gasteiger partial charge in [0, 0.05) is 38.1 Å². The van der Waals surface area contributed by atoms with E-state index in [0.29, 0.717) is 25.1 Å². The molecule has 5 heteroatoms. The molecule has 0 unspecified atom stereocenters. The summed E-state index contributed by atoms with van der Waals surface area (Å²) in [5.74, 6) is -0.0422. The van der Waals surface area contributed by atoms with Crippen LogP contribution in [0, 0.1) is 6.92 Å². The fourth-order valence-corrected chi connectivity index (χ4v) is 1.90. The van der Waals surface area contributed by atoms with Gasteiger partial charge in [-0.2, -0.15) is 0 Å². The van der Waals surface area contributed by atoms with Crippen molar-refractivity contribution in [1.82, 2.24) is 9.88 Å². The molecule has 0 spiro atoms. The monoisotopic (exact) mass is 265 g/mol. The van der Waals surface area contributed by atoms with E-state index in [9.17, 15) is 4.79 Å². The molecule has 0 aliphatic rings. The summed E-state index contributed by atoms with van der Waals surface area (Å²) in [5.41, 5.74) is 2.29. The van der Waals surface area contributed by atoms with Gasteiger partial charge in [0.15, 0.2) is 0 Å². The molecular formula is C14H23N3O2. The van der Waals surface area contributed by atoms with Crippen molar-refractivity contribution in [1.29, 1.82) is 0 Å². The second-order valence-corrected chi connectivity index (χ2v) is 4.36. The lowest BCUT2D eigenvalue weighted by atomic mass is 10.1. The van der Waals surface area contributed by atoms with Crippen LogP contribution in [0.5, 0.6) is 0 Å². The molecule has 0 radical (unpaired) electrons. The molecule has 2 N–H and O–H groups in total. The minimum Gasteiger partial charge on any atom is -0.396 e. The Kier molecular flexibility index (Phi) is 6.29. The third-order valence-electron chi connectivity index (χ3n) is 2.89. The first-order chi connectivity index (χ1) is 9.13. The zero-order valence-corrected chi connectivity index (χ0v) is 11.9. The third kappa shape index (κ3) is 4.21. The molecule has 0 saturated heterocycles. The van der Waals surface area contributed by atoms with Gasteiger partial charge in [0.05, 0.1) is 11.3 Å². The number of anilines is 1. The Morgan fingerprint density at radius 2 is 2.21 bits per heavy atom. The summed E-state index contributed by atoms with van der Waals surface area (Å²) in [6.07, 6.45) is 2.21. The van der Waals surface area contributed by atoms with Crippen LogP contribution in [0.25, 0.3) is 0 Å². The second-order valence-electron chi connectivity index (χ2n) is 4.36. The second kappa shape index (κ2) is 7.74. The highest BCUT2D eigenvalue weighted by atomic mass is 16.3. The van der Waals surface area contributed by atoms with Crippen LogP contribution in [-0.4, -0.2) is 47.1 Å². The number of nitrogens with one attached hydrogen (secondary N) is 1. The number of hydrogen-bond donors (Lipinski definition) is 2. The van der Waals surface area contributed by atoms with Crippen molar-refractivity contribution in [3.63, 3.8) is 0 Å². The number of carbonyl (C=O) groups is 1. The van der Waals surface area contributed by atoms with Gasteiger partial charge in [0.25, 0.3) is 5.91 Å². The van der Waals surface area contributed by atoms with Crippen molar-refractivity contribution in [3.05, 3.63) is 23.5 Å². The zero-order chi connectivity index (χ0) is 14.3. The van der Waals surface area contributed by atoms with E-state index in [2.05, 4.69) is 10.3 Å². The molecule has 1 amide bonds. The average molecular weight is 265 g/mol. The van der Waals surface area contributed by atoms with Crippen LogP contribution < -0.4 is 5.32 Å². The van der Waals surface area contributed by atoms with Crippen molar-refractivity contribution in [2.24, 2.45) is 0 Å². The van der Waals surface area contributed by atoms with Crippen LogP contribution >= 0.6 is 0 Å². The lowest BCUT2D eigenvalue weighted by Gasteiger charge is -2.22. The summed E-state index contributed by atoms with van der Waals surface area (Å²) >= 11 is 0. The Balaban J connectivity index is 2.96. The number of rotatable bonds is 7. The van der Waals surface area contributed by atoms with Gasteiger partial charge in [-0.1, -0.05) is 0 Å². The molecule has 1 heterocycles. The predicted molar refractivity (Wildman–Crippen MR) is 76.4 cm³/mol. The minimum atomic E-state index is -0.0422. The van der Waals surface area contributed by atoms with Crippen LogP contribution in [0.4, 0.5) is 5.69 Å². The van der Waals surface area contributed by atoms with E-state index in [4.69, 9.17) is 5.11 Å². The van der Waals surface area contributed by atoms with Crippen LogP contribution in [-0.2, 0) is 0 Å². The maximum atomic E-state index is 12.5. The van der Waals surface area contributed by atoms with E-state index in [1.165, 1.54) is 0 Å². The number of aliphatic hydroxyl groups excluding tert-OH is 1. The Morgan fingerprint density at radius 1 is 1.47 bits per heavy atom. The highest BCUT2D eigenvalue weighted by Gasteiger charge is 2.17. The van der Waals surface area contributed by atoms with Gasteiger partial charge in [0.1, 0.15) is 0 Å². The Hall–Kier alpha value is -1.62. The molecule has 0 bridgehead atoms. The first-order valence-corrected chi connectivity index (χ1v) is 6.74.